The lowest BCUT2D eigenvalue weighted by Crippen LogP contribution is -2.37. The maximum atomic E-state index is 5.36. The SMILES string of the molecule is CC(C)(C)c1n[c]sc1N1CCOCC1. The second kappa shape index (κ2) is 4.10. The van der Waals surface area contributed by atoms with Gasteiger partial charge in [-0.15, -0.1) is 0 Å². The molecule has 2 rings (SSSR count). The molecule has 0 saturated carbocycles. The average Bonchev–Trinajstić information content (AvgIpc) is 2.67. The minimum atomic E-state index is 0.101. The van der Waals surface area contributed by atoms with Gasteiger partial charge in [0.1, 0.15) is 5.00 Å². The van der Waals surface area contributed by atoms with Gasteiger partial charge in [0.25, 0.3) is 0 Å². The van der Waals surface area contributed by atoms with Crippen LogP contribution in [-0.2, 0) is 10.2 Å². The number of hydrogen-bond acceptors (Lipinski definition) is 4. The van der Waals surface area contributed by atoms with Crippen LogP contribution in [0.25, 0.3) is 0 Å². The molecule has 0 spiro atoms. The quantitative estimate of drug-likeness (QED) is 0.731. The van der Waals surface area contributed by atoms with Gasteiger partial charge in [0.2, 0.25) is 0 Å². The molecule has 1 saturated heterocycles. The summed E-state index contributed by atoms with van der Waals surface area (Å²) < 4.78 is 5.36. The monoisotopic (exact) mass is 225 g/mol. The maximum Gasteiger partial charge on any atom is 0.154 e. The number of ether oxygens (including phenoxy) is 1. The van der Waals surface area contributed by atoms with Crippen molar-refractivity contribution in [2.75, 3.05) is 31.2 Å². The van der Waals surface area contributed by atoms with Gasteiger partial charge >= 0.3 is 0 Å². The number of rotatable bonds is 1. The molecular formula is C11H17N2OS. The number of nitrogens with zero attached hydrogens (tertiary/aromatic N) is 2. The first kappa shape index (κ1) is 10.9. The van der Waals surface area contributed by atoms with Crippen molar-refractivity contribution in [1.82, 2.24) is 4.98 Å². The molecule has 0 aliphatic carbocycles. The van der Waals surface area contributed by atoms with Crippen molar-refractivity contribution < 1.29 is 4.74 Å². The van der Waals surface area contributed by atoms with Gasteiger partial charge in [0, 0.05) is 18.5 Å². The molecule has 0 bridgehead atoms. The first-order chi connectivity index (χ1) is 7.09. The van der Waals surface area contributed by atoms with E-state index in [4.69, 9.17) is 4.74 Å². The van der Waals surface area contributed by atoms with E-state index in [1.807, 2.05) is 0 Å². The zero-order valence-corrected chi connectivity index (χ0v) is 10.4. The summed E-state index contributed by atoms with van der Waals surface area (Å²) in [6.07, 6.45) is 0. The van der Waals surface area contributed by atoms with Gasteiger partial charge in [-0.3, -0.25) is 0 Å². The van der Waals surface area contributed by atoms with Crippen LogP contribution >= 0.6 is 11.3 Å². The van der Waals surface area contributed by atoms with Crippen LogP contribution in [0.2, 0.25) is 0 Å². The van der Waals surface area contributed by atoms with Crippen molar-refractivity contribution in [3.63, 3.8) is 0 Å². The van der Waals surface area contributed by atoms with Crippen LogP contribution in [0.15, 0.2) is 0 Å². The topological polar surface area (TPSA) is 25.4 Å². The van der Waals surface area contributed by atoms with Gasteiger partial charge in [-0.05, 0) is 0 Å². The number of thiazole rings is 1. The predicted molar refractivity (Wildman–Crippen MR) is 62.7 cm³/mol. The molecule has 83 valence electrons. The summed E-state index contributed by atoms with van der Waals surface area (Å²) in [6.45, 7) is 10.2. The zero-order chi connectivity index (χ0) is 10.9. The molecule has 1 aliphatic heterocycles. The van der Waals surface area contributed by atoms with Crippen molar-refractivity contribution in [1.29, 1.82) is 0 Å². The van der Waals surface area contributed by atoms with Crippen molar-refractivity contribution in [2.45, 2.75) is 26.2 Å². The summed E-state index contributed by atoms with van der Waals surface area (Å²) >= 11 is 1.62. The number of morpholine rings is 1. The van der Waals surface area contributed by atoms with Gasteiger partial charge in [-0.2, -0.15) is 0 Å². The molecule has 1 aromatic heterocycles. The molecule has 1 radical (unpaired) electrons. The lowest BCUT2D eigenvalue weighted by Gasteiger charge is -2.30. The van der Waals surface area contributed by atoms with Crippen LogP contribution in [0.5, 0.6) is 0 Å². The summed E-state index contributed by atoms with van der Waals surface area (Å²) in [5.74, 6) is 0. The van der Waals surface area contributed by atoms with E-state index in [9.17, 15) is 0 Å². The second-order valence-electron chi connectivity index (χ2n) is 4.81. The van der Waals surface area contributed by atoms with Crippen molar-refractivity contribution in [2.24, 2.45) is 0 Å². The Morgan fingerprint density at radius 1 is 1.33 bits per heavy atom. The van der Waals surface area contributed by atoms with E-state index < -0.39 is 0 Å². The number of anilines is 1. The Morgan fingerprint density at radius 3 is 2.60 bits per heavy atom. The number of aromatic nitrogens is 1. The molecule has 0 atom stereocenters. The van der Waals surface area contributed by atoms with Gasteiger partial charge in [-0.25, -0.2) is 4.98 Å². The van der Waals surface area contributed by atoms with Gasteiger partial charge in [-0.1, -0.05) is 32.1 Å². The molecule has 1 aliphatic rings. The highest BCUT2D eigenvalue weighted by atomic mass is 32.1. The minimum Gasteiger partial charge on any atom is -0.378 e. The Kier molecular flexibility index (Phi) is 2.98. The third-order valence-electron chi connectivity index (χ3n) is 2.51. The van der Waals surface area contributed by atoms with Crippen LogP contribution < -0.4 is 4.90 Å². The van der Waals surface area contributed by atoms with E-state index in [-0.39, 0.29) is 5.41 Å². The summed E-state index contributed by atoms with van der Waals surface area (Å²) in [5.41, 5.74) is 4.27. The van der Waals surface area contributed by atoms with E-state index in [0.29, 0.717) is 0 Å². The molecule has 0 N–H and O–H groups in total. The third-order valence-corrected chi connectivity index (χ3v) is 3.34. The molecule has 0 unspecified atom stereocenters. The van der Waals surface area contributed by atoms with Crippen LogP contribution in [0, 0.1) is 5.51 Å². The fraction of sp³-hybridized carbons (Fsp3) is 0.727. The molecule has 1 fully saturated rings. The van der Waals surface area contributed by atoms with Crippen LogP contribution in [0.1, 0.15) is 26.5 Å². The van der Waals surface area contributed by atoms with E-state index >= 15 is 0 Å². The summed E-state index contributed by atoms with van der Waals surface area (Å²) in [5, 5.41) is 1.27. The summed E-state index contributed by atoms with van der Waals surface area (Å²) in [6, 6.07) is 0. The van der Waals surface area contributed by atoms with E-state index in [1.54, 1.807) is 11.3 Å². The molecular weight excluding hydrogens is 208 g/mol. The molecule has 2 heterocycles. The summed E-state index contributed by atoms with van der Waals surface area (Å²) in [4.78, 5) is 6.73. The molecule has 0 amide bonds. The fourth-order valence-corrected chi connectivity index (χ4v) is 2.66. The first-order valence-electron chi connectivity index (χ1n) is 5.29. The molecule has 1 aromatic rings. The fourth-order valence-electron chi connectivity index (χ4n) is 1.68. The zero-order valence-electron chi connectivity index (χ0n) is 9.54. The minimum absolute atomic E-state index is 0.101. The van der Waals surface area contributed by atoms with Crippen LogP contribution in [-0.4, -0.2) is 31.3 Å². The smallest absolute Gasteiger partial charge is 0.154 e. The van der Waals surface area contributed by atoms with Crippen molar-refractivity contribution >= 4 is 16.3 Å². The Morgan fingerprint density at radius 2 is 2.00 bits per heavy atom. The van der Waals surface area contributed by atoms with Crippen LogP contribution in [0.4, 0.5) is 5.00 Å². The maximum absolute atomic E-state index is 5.36. The van der Waals surface area contributed by atoms with Crippen LogP contribution in [0.3, 0.4) is 0 Å². The van der Waals surface area contributed by atoms with Crippen molar-refractivity contribution in [3.8, 4) is 0 Å². The molecule has 0 aromatic carbocycles. The third kappa shape index (κ3) is 2.32. The normalized spacial score (nSPS) is 18.2. The van der Waals surface area contributed by atoms with E-state index in [1.165, 1.54) is 5.00 Å². The second-order valence-corrected chi connectivity index (χ2v) is 5.58. The molecule has 4 heteroatoms. The Balaban J connectivity index is 2.24. The Hall–Kier alpha value is -0.610. The van der Waals surface area contributed by atoms with Gasteiger partial charge < -0.3 is 9.64 Å². The Bertz CT molecular complexity index is 324. The highest BCUT2D eigenvalue weighted by Gasteiger charge is 2.25. The van der Waals surface area contributed by atoms with E-state index in [2.05, 4.69) is 36.2 Å². The predicted octanol–water partition coefficient (Wildman–Crippen LogP) is 2.08. The highest BCUT2D eigenvalue weighted by molar-refractivity contribution is 7.13. The standard InChI is InChI=1S/C11H17N2OS/c1-11(2,3)9-10(15-8-12-9)13-4-6-14-7-5-13/h4-7H2,1-3H3. The highest BCUT2D eigenvalue weighted by Crippen LogP contribution is 2.34. The lowest BCUT2D eigenvalue weighted by molar-refractivity contribution is 0.123. The average molecular weight is 225 g/mol. The Labute approximate surface area is 95.1 Å². The molecule has 3 nitrogen and oxygen atoms in total. The van der Waals surface area contributed by atoms with E-state index in [0.717, 1.165) is 32.0 Å². The van der Waals surface area contributed by atoms with Gasteiger partial charge in [0.05, 0.1) is 18.9 Å². The summed E-state index contributed by atoms with van der Waals surface area (Å²) in [7, 11) is 0. The van der Waals surface area contributed by atoms with Gasteiger partial charge in [0.15, 0.2) is 5.51 Å². The first-order valence-corrected chi connectivity index (χ1v) is 6.11. The molecule has 15 heavy (non-hydrogen) atoms. The number of hydrogen-bond donors (Lipinski definition) is 0. The van der Waals surface area contributed by atoms with Crippen molar-refractivity contribution in [3.05, 3.63) is 11.2 Å². The lowest BCUT2D eigenvalue weighted by atomic mass is 9.92. The largest absolute Gasteiger partial charge is 0.378 e.